The van der Waals surface area contributed by atoms with Crippen LogP contribution in [-0.4, -0.2) is 28.0 Å². The summed E-state index contributed by atoms with van der Waals surface area (Å²) in [6.45, 7) is 2.13. The molecule has 1 aromatic heterocycles. The van der Waals surface area contributed by atoms with Crippen LogP contribution in [0.5, 0.6) is 0 Å². The summed E-state index contributed by atoms with van der Waals surface area (Å²) in [5, 5.41) is 3.31. The molecule has 0 aliphatic heterocycles. The molecule has 0 saturated heterocycles. The van der Waals surface area contributed by atoms with E-state index in [1.807, 2.05) is 11.8 Å². The van der Waals surface area contributed by atoms with Crippen LogP contribution >= 0.6 is 27.7 Å². The molecule has 0 amide bonds. The quantitative estimate of drug-likeness (QED) is 0.552. The Morgan fingerprint density at radius 2 is 2.38 bits per heavy atom. The number of halogens is 1. The van der Waals surface area contributed by atoms with Gasteiger partial charge in [-0.05, 0) is 41.3 Å². The molecule has 0 radical (unpaired) electrons. The fourth-order valence-corrected chi connectivity index (χ4v) is 2.03. The molecule has 1 unspecified atom stereocenters. The number of hydrazine groups is 1. The number of nitrogen functional groups attached to an aromatic ring is 1. The second-order valence-corrected chi connectivity index (χ2v) is 5.20. The number of nitrogens with zero attached hydrogens (tertiary/aromatic N) is 2. The third-order valence-electron chi connectivity index (χ3n) is 2.01. The normalized spacial score (nSPS) is 12.2. The molecule has 16 heavy (non-hydrogen) atoms. The van der Waals surface area contributed by atoms with E-state index in [2.05, 4.69) is 49.8 Å². The van der Waals surface area contributed by atoms with Gasteiger partial charge in [-0.2, -0.15) is 16.7 Å². The fourth-order valence-electron chi connectivity index (χ4n) is 1.14. The Bertz CT molecular complexity index is 336. The minimum Gasteiger partial charge on any atom is -0.366 e. The molecule has 0 saturated carbocycles. The standard InChI is InChI=1S/C9H16BrN5S/c1-6(3-4-16-2)13-8-7(10)5-12-9(14-8)15-11/h5-6H,3-4,11H2,1-2H3,(H2,12,13,14,15). The summed E-state index contributed by atoms with van der Waals surface area (Å²) in [5.74, 6) is 7.55. The third-order valence-corrected chi connectivity index (χ3v) is 3.24. The maximum atomic E-state index is 5.26. The van der Waals surface area contributed by atoms with Gasteiger partial charge in [-0.3, -0.25) is 5.43 Å². The third kappa shape index (κ3) is 4.15. The van der Waals surface area contributed by atoms with Crippen LogP contribution in [0.3, 0.4) is 0 Å². The van der Waals surface area contributed by atoms with Gasteiger partial charge in [0.25, 0.3) is 0 Å². The van der Waals surface area contributed by atoms with Gasteiger partial charge in [-0.1, -0.05) is 0 Å². The first kappa shape index (κ1) is 13.5. The van der Waals surface area contributed by atoms with Crippen molar-refractivity contribution in [2.24, 2.45) is 5.84 Å². The predicted molar refractivity (Wildman–Crippen MR) is 73.6 cm³/mol. The predicted octanol–water partition coefficient (Wildman–Crippen LogP) is 2.08. The highest BCUT2D eigenvalue weighted by molar-refractivity contribution is 9.10. The Labute approximate surface area is 108 Å². The molecule has 90 valence electrons. The van der Waals surface area contributed by atoms with Gasteiger partial charge in [0.1, 0.15) is 5.82 Å². The van der Waals surface area contributed by atoms with Crippen LogP contribution in [-0.2, 0) is 0 Å². The van der Waals surface area contributed by atoms with E-state index in [1.165, 1.54) is 0 Å². The minimum absolute atomic E-state index is 0.365. The zero-order valence-electron chi connectivity index (χ0n) is 9.33. The van der Waals surface area contributed by atoms with Gasteiger partial charge >= 0.3 is 0 Å². The van der Waals surface area contributed by atoms with Gasteiger partial charge in [0.2, 0.25) is 5.95 Å². The number of aromatic nitrogens is 2. The number of rotatable bonds is 6. The molecule has 1 aromatic rings. The van der Waals surface area contributed by atoms with Crippen molar-refractivity contribution in [3.63, 3.8) is 0 Å². The maximum Gasteiger partial charge on any atom is 0.239 e. The van der Waals surface area contributed by atoms with Crippen molar-refractivity contribution >= 4 is 39.5 Å². The van der Waals surface area contributed by atoms with Crippen LogP contribution in [0, 0.1) is 0 Å². The van der Waals surface area contributed by atoms with E-state index in [9.17, 15) is 0 Å². The second kappa shape index (κ2) is 6.93. The number of hydrogen-bond donors (Lipinski definition) is 3. The van der Waals surface area contributed by atoms with Crippen molar-refractivity contribution in [2.45, 2.75) is 19.4 Å². The maximum absolute atomic E-state index is 5.26. The number of nitrogens with two attached hydrogens (primary N) is 1. The van der Waals surface area contributed by atoms with Gasteiger partial charge in [0.15, 0.2) is 0 Å². The Hall–Kier alpha value is -0.530. The van der Waals surface area contributed by atoms with Crippen molar-refractivity contribution in [3.05, 3.63) is 10.7 Å². The number of anilines is 2. The Morgan fingerprint density at radius 1 is 1.62 bits per heavy atom. The van der Waals surface area contributed by atoms with Gasteiger partial charge in [0.05, 0.1) is 4.47 Å². The molecule has 1 atom stereocenters. The smallest absolute Gasteiger partial charge is 0.239 e. The van der Waals surface area contributed by atoms with E-state index in [-0.39, 0.29) is 0 Å². The molecule has 1 heterocycles. The van der Waals surface area contributed by atoms with E-state index >= 15 is 0 Å². The summed E-state index contributed by atoms with van der Waals surface area (Å²) in [6.07, 6.45) is 4.86. The zero-order chi connectivity index (χ0) is 12.0. The second-order valence-electron chi connectivity index (χ2n) is 3.36. The van der Waals surface area contributed by atoms with E-state index < -0.39 is 0 Å². The molecule has 0 aliphatic carbocycles. The first-order valence-corrected chi connectivity index (χ1v) is 7.10. The van der Waals surface area contributed by atoms with Crippen LogP contribution in [0.1, 0.15) is 13.3 Å². The van der Waals surface area contributed by atoms with Crippen LogP contribution in [0.15, 0.2) is 10.7 Å². The van der Waals surface area contributed by atoms with Crippen LogP contribution < -0.4 is 16.6 Å². The molecule has 7 heteroatoms. The molecule has 0 bridgehead atoms. The summed E-state index contributed by atoms with van der Waals surface area (Å²) in [5.41, 5.74) is 2.42. The highest BCUT2D eigenvalue weighted by atomic mass is 79.9. The van der Waals surface area contributed by atoms with Gasteiger partial charge in [-0.25, -0.2) is 10.8 Å². The summed E-state index contributed by atoms with van der Waals surface area (Å²) >= 11 is 5.23. The van der Waals surface area contributed by atoms with Crippen molar-refractivity contribution in [2.75, 3.05) is 22.8 Å². The molecule has 0 fully saturated rings. The van der Waals surface area contributed by atoms with Gasteiger partial charge in [0, 0.05) is 12.2 Å². The molecule has 4 N–H and O–H groups in total. The van der Waals surface area contributed by atoms with Crippen LogP contribution in [0.25, 0.3) is 0 Å². The molecule has 0 spiro atoms. The summed E-state index contributed by atoms with van der Waals surface area (Å²) in [7, 11) is 0. The highest BCUT2D eigenvalue weighted by Gasteiger charge is 2.07. The summed E-state index contributed by atoms with van der Waals surface area (Å²) < 4.78 is 0.836. The lowest BCUT2D eigenvalue weighted by Gasteiger charge is -2.15. The first-order valence-electron chi connectivity index (χ1n) is 4.92. The van der Waals surface area contributed by atoms with Crippen LogP contribution in [0.4, 0.5) is 11.8 Å². The average Bonchev–Trinajstić information content (AvgIpc) is 2.29. The van der Waals surface area contributed by atoms with E-state index in [4.69, 9.17) is 5.84 Å². The number of thioether (sulfide) groups is 1. The fraction of sp³-hybridized carbons (Fsp3) is 0.556. The summed E-state index contributed by atoms with van der Waals surface area (Å²) in [6, 6.07) is 0.365. The Balaban J connectivity index is 2.64. The first-order chi connectivity index (χ1) is 7.67. The Morgan fingerprint density at radius 3 is 3.00 bits per heavy atom. The largest absolute Gasteiger partial charge is 0.366 e. The molecule has 5 nitrogen and oxygen atoms in total. The van der Waals surface area contributed by atoms with Crippen molar-refractivity contribution in [1.82, 2.24) is 9.97 Å². The van der Waals surface area contributed by atoms with E-state index in [0.29, 0.717) is 12.0 Å². The molecular weight excluding hydrogens is 290 g/mol. The molecule has 0 aromatic carbocycles. The lowest BCUT2D eigenvalue weighted by molar-refractivity contribution is 0.765. The van der Waals surface area contributed by atoms with Gasteiger partial charge < -0.3 is 5.32 Å². The zero-order valence-corrected chi connectivity index (χ0v) is 11.7. The SMILES string of the molecule is CSCCC(C)Nc1nc(NN)ncc1Br. The van der Waals surface area contributed by atoms with Gasteiger partial charge in [-0.15, -0.1) is 0 Å². The summed E-state index contributed by atoms with van der Waals surface area (Å²) in [4.78, 5) is 8.22. The Kier molecular flexibility index (Phi) is 5.86. The number of nitrogens with one attached hydrogen (secondary N) is 2. The van der Waals surface area contributed by atoms with E-state index in [1.54, 1.807) is 6.20 Å². The molecule has 1 rings (SSSR count). The highest BCUT2D eigenvalue weighted by Crippen LogP contribution is 2.21. The van der Waals surface area contributed by atoms with Crippen molar-refractivity contribution in [1.29, 1.82) is 0 Å². The monoisotopic (exact) mass is 305 g/mol. The van der Waals surface area contributed by atoms with Crippen molar-refractivity contribution < 1.29 is 0 Å². The minimum atomic E-state index is 0.365. The van der Waals surface area contributed by atoms with Crippen LogP contribution in [0.2, 0.25) is 0 Å². The van der Waals surface area contributed by atoms with Crippen molar-refractivity contribution in [3.8, 4) is 0 Å². The molecular formula is C9H16BrN5S. The molecule has 0 aliphatic rings. The lowest BCUT2D eigenvalue weighted by atomic mass is 10.2. The average molecular weight is 306 g/mol. The number of hydrogen-bond acceptors (Lipinski definition) is 6. The topological polar surface area (TPSA) is 75.9 Å². The lowest BCUT2D eigenvalue weighted by Crippen LogP contribution is -2.18. The van der Waals surface area contributed by atoms with E-state index in [0.717, 1.165) is 22.5 Å².